The first-order valence-corrected chi connectivity index (χ1v) is 6.80. The number of para-hydroxylation sites is 1. The molecule has 4 aromatic rings. The third kappa shape index (κ3) is 1.64. The summed E-state index contributed by atoms with van der Waals surface area (Å²) in [6.07, 6.45) is 0. The van der Waals surface area contributed by atoms with E-state index >= 15 is 0 Å². The lowest BCUT2D eigenvalue weighted by molar-refractivity contribution is 0.669. The van der Waals surface area contributed by atoms with Crippen LogP contribution in [0.2, 0.25) is 0 Å². The summed E-state index contributed by atoms with van der Waals surface area (Å²) in [7, 11) is 0. The number of rotatable bonds is 1. The second-order valence-electron chi connectivity index (χ2n) is 5.15. The van der Waals surface area contributed by atoms with Crippen molar-refractivity contribution in [3.05, 3.63) is 72.3 Å². The van der Waals surface area contributed by atoms with Gasteiger partial charge in [0.1, 0.15) is 11.2 Å². The van der Waals surface area contributed by atoms with Crippen LogP contribution in [0.25, 0.3) is 33.1 Å². The number of hydrogen-bond acceptors (Lipinski definition) is 1. The van der Waals surface area contributed by atoms with Crippen molar-refractivity contribution in [3.8, 4) is 11.1 Å². The van der Waals surface area contributed by atoms with E-state index in [0.717, 1.165) is 11.2 Å². The van der Waals surface area contributed by atoms with E-state index in [1.807, 2.05) is 18.2 Å². The topological polar surface area (TPSA) is 13.1 Å². The molecule has 1 heteroatoms. The fourth-order valence-electron chi connectivity index (χ4n) is 2.83. The van der Waals surface area contributed by atoms with E-state index in [1.165, 1.54) is 27.5 Å². The zero-order valence-electron chi connectivity index (χ0n) is 11.3. The van der Waals surface area contributed by atoms with E-state index in [-0.39, 0.29) is 0 Å². The SMILES string of the molecule is Cc1cccc(-c2cccc3oc4ccccc4c23)c1. The van der Waals surface area contributed by atoms with Crippen molar-refractivity contribution < 1.29 is 4.42 Å². The van der Waals surface area contributed by atoms with Crippen LogP contribution in [0.15, 0.2) is 71.1 Å². The molecule has 0 spiro atoms. The molecule has 0 N–H and O–H groups in total. The second-order valence-corrected chi connectivity index (χ2v) is 5.15. The van der Waals surface area contributed by atoms with Crippen LogP contribution >= 0.6 is 0 Å². The first-order chi connectivity index (χ1) is 9.83. The Morgan fingerprint density at radius 3 is 2.45 bits per heavy atom. The Labute approximate surface area is 117 Å². The minimum atomic E-state index is 0.947. The van der Waals surface area contributed by atoms with Gasteiger partial charge >= 0.3 is 0 Å². The van der Waals surface area contributed by atoms with Gasteiger partial charge in [0.25, 0.3) is 0 Å². The Balaban J connectivity index is 2.14. The predicted molar refractivity (Wildman–Crippen MR) is 83.9 cm³/mol. The molecule has 4 rings (SSSR count). The number of aryl methyl sites for hydroxylation is 1. The molecule has 0 aliphatic rings. The standard InChI is InChI=1S/C19H14O/c1-13-6-4-7-14(12-13)15-9-5-11-18-19(15)16-8-2-3-10-17(16)20-18/h2-12H,1H3. The van der Waals surface area contributed by atoms with Gasteiger partial charge in [-0.05, 0) is 30.2 Å². The molecule has 1 aromatic heterocycles. The summed E-state index contributed by atoms with van der Waals surface area (Å²) in [6.45, 7) is 2.12. The molecule has 0 saturated heterocycles. The fraction of sp³-hybridized carbons (Fsp3) is 0.0526. The molecule has 20 heavy (non-hydrogen) atoms. The van der Waals surface area contributed by atoms with Gasteiger partial charge in [0.15, 0.2) is 0 Å². The summed E-state index contributed by atoms with van der Waals surface area (Å²) in [4.78, 5) is 0. The van der Waals surface area contributed by atoms with Crippen molar-refractivity contribution in [2.45, 2.75) is 6.92 Å². The molecule has 0 aliphatic heterocycles. The lowest BCUT2D eigenvalue weighted by Gasteiger charge is -2.04. The molecule has 1 nitrogen and oxygen atoms in total. The smallest absolute Gasteiger partial charge is 0.136 e. The average molecular weight is 258 g/mol. The quantitative estimate of drug-likeness (QED) is 0.435. The Bertz CT molecular complexity index is 915. The highest BCUT2D eigenvalue weighted by molar-refractivity contribution is 6.12. The summed E-state index contributed by atoms with van der Waals surface area (Å²) in [6, 6.07) is 23.1. The van der Waals surface area contributed by atoms with Gasteiger partial charge < -0.3 is 4.42 Å². The first kappa shape index (κ1) is 11.3. The van der Waals surface area contributed by atoms with E-state index in [2.05, 4.69) is 55.5 Å². The molecular weight excluding hydrogens is 244 g/mol. The maximum absolute atomic E-state index is 5.94. The Kier molecular flexibility index (Phi) is 2.40. The highest BCUT2D eigenvalue weighted by Crippen LogP contribution is 2.36. The van der Waals surface area contributed by atoms with Gasteiger partial charge in [-0.3, -0.25) is 0 Å². The molecule has 0 bridgehead atoms. The van der Waals surface area contributed by atoms with Crippen molar-refractivity contribution in [2.24, 2.45) is 0 Å². The molecule has 0 radical (unpaired) electrons. The van der Waals surface area contributed by atoms with Crippen LogP contribution in [0.5, 0.6) is 0 Å². The Hall–Kier alpha value is -2.54. The zero-order chi connectivity index (χ0) is 13.5. The van der Waals surface area contributed by atoms with Gasteiger partial charge in [0.2, 0.25) is 0 Å². The van der Waals surface area contributed by atoms with Crippen molar-refractivity contribution in [1.29, 1.82) is 0 Å². The monoisotopic (exact) mass is 258 g/mol. The lowest BCUT2D eigenvalue weighted by Crippen LogP contribution is -1.80. The molecule has 0 amide bonds. The van der Waals surface area contributed by atoms with E-state index in [9.17, 15) is 0 Å². The molecular formula is C19H14O. The van der Waals surface area contributed by atoms with E-state index in [1.54, 1.807) is 0 Å². The van der Waals surface area contributed by atoms with Gasteiger partial charge in [-0.2, -0.15) is 0 Å². The van der Waals surface area contributed by atoms with Crippen LogP contribution in [0, 0.1) is 6.92 Å². The Morgan fingerprint density at radius 1 is 0.750 bits per heavy atom. The molecule has 0 fully saturated rings. The van der Waals surface area contributed by atoms with Gasteiger partial charge in [0.05, 0.1) is 0 Å². The molecule has 96 valence electrons. The molecule has 0 unspecified atom stereocenters. The van der Waals surface area contributed by atoms with Crippen LogP contribution in [-0.4, -0.2) is 0 Å². The largest absolute Gasteiger partial charge is 0.456 e. The second kappa shape index (κ2) is 4.24. The minimum absolute atomic E-state index is 0.947. The summed E-state index contributed by atoms with van der Waals surface area (Å²) >= 11 is 0. The summed E-state index contributed by atoms with van der Waals surface area (Å²) in [5, 5.41) is 2.38. The molecule has 1 heterocycles. The van der Waals surface area contributed by atoms with E-state index in [4.69, 9.17) is 4.42 Å². The van der Waals surface area contributed by atoms with Crippen LogP contribution in [0.4, 0.5) is 0 Å². The van der Waals surface area contributed by atoms with Gasteiger partial charge in [-0.25, -0.2) is 0 Å². The van der Waals surface area contributed by atoms with Gasteiger partial charge in [-0.15, -0.1) is 0 Å². The third-order valence-corrected chi connectivity index (χ3v) is 3.73. The summed E-state index contributed by atoms with van der Waals surface area (Å²) in [5.41, 5.74) is 5.64. The number of benzene rings is 3. The predicted octanol–water partition coefficient (Wildman–Crippen LogP) is 5.56. The van der Waals surface area contributed by atoms with Crippen molar-refractivity contribution in [3.63, 3.8) is 0 Å². The van der Waals surface area contributed by atoms with Crippen LogP contribution < -0.4 is 0 Å². The molecule has 0 aliphatic carbocycles. The van der Waals surface area contributed by atoms with E-state index in [0.29, 0.717) is 0 Å². The molecule has 0 saturated carbocycles. The minimum Gasteiger partial charge on any atom is -0.456 e. The fourth-order valence-corrected chi connectivity index (χ4v) is 2.83. The van der Waals surface area contributed by atoms with Crippen LogP contribution in [0.1, 0.15) is 5.56 Å². The number of furan rings is 1. The Morgan fingerprint density at radius 2 is 1.55 bits per heavy atom. The van der Waals surface area contributed by atoms with Gasteiger partial charge in [-0.1, -0.05) is 60.2 Å². The normalized spacial score (nSPS) is 11.2. The molecule has 3 aromatic carbocycles. The van der Waals surface area contributed by atoms with E-state index < -0.39 is 0 Å². The molecule has 0 atom stereocenters. The third-order valence-electron chi connectivity index (χ3n) is 3.73. The highest BCUT2D eigenvalue weighted by atomic mass is 16.3. The average Bonchev–Trinajstić information content (AvgIpc) is 2.85. The maximum atomic E-state index is 5.94. The zero-order valence-corrected chi connectivity index (χ0v) is 11.3. The van der Waals surface area contributed by atoms with Crippen molar-refractivity contribution >= 4 is 21.9 Å². The highest BCUT2D eigenvalue weighted by Gasteiger charge is 2.11. The van der Waals surface area contributed by atoms with Crippen LogP contribution in [-0.2, 0) is 0 Å². The maximum Gasteiger partial charge on any atom is 0.136 e. The first-order valence-electron chi connectivity index (χ1n) is 6.80. The number of hydrogen-bond donors (Lipinski definition) is 0. The van der Waals surface area contributed by atoms with Gasteiger partial charge in [0, 0.05) is 10.8 Å². The van der Waals surface area contributed by atoms with Crippen molar-refractivity contribution in [2.75, 3.05) is 0 Å². The number of fused-ring (bicyclic) bond motifs is 3. The summed E-state index contributed by atoms with van der Waals surface area (Å²) < 4.78 is 5.94. The lowest BCUT2D eigenvalue weighted by atomic mass is 9.98. The summed E-state index contributed by atoms with van der Waals surface area (Å²) in [5.74, 6) is 0. The van der Waals surface area contributed by atoms with Crippen LogP contribution in [0.3, 0.4) is 0 Å². The van der Waals surface area contributed by atoms with Crippen molar-refractivity contribution in [1.82, 2.24) is 0 Å².